The number of nitrogens with zero attached hydrogens (tertiary/aromatic N) is 3. The summed E-state index contributed by atoms with van der Waals surface area (Å²) >= 11 is 0. The third-order valence-corrected chi connectivity index (χ3v) is 5.85. The molecule has 2 aliphatic rings. The first-order valence-electron chi connectivity index (χ1n) is 10.2. The van der Waals surface area contributed by atoms with Crippen LogP contribution in [0.5, 0.6) is 0 Å². The topological polar surface area (TPSA) is 87.9 Å². The fourth-order valence-corrected chi connectivity index (χ4v) is 3.87. The number of nitrogens with one attached hydrogen (secondary N) is 1. The van der Waals surface area contributed by atoms with Gasteiger partial charge in [0.15, 0.2) is 6.39 Å². The number of likely N-dealkylation sites (N-methyl/N-ethyl adjacent to an activating group) is 1. The van der Waals surface area contributed by atoms with Crippen LogP contribution in [0.1, 0.15) is 48.4 Å². The minimum absolute atomic E-state index is 0.157. The average molecular weight is 393 g/mol. The lowest BCUT2D eigenvalue weighted by molar-refractivity contribution is -0.131. The zero-order valence-electron chi connectivity index (χ0n) is 17.1. The first-order valence-corrected chi connectivity index (χ1v) is 10.2. The lowest BCUT2D eigenvalue weighted by atomic mass is 10.1. The highest BCUT2D eigenvalue weighted by atomic mass is 16.5. The summed E-state index contributed by atoms with van der Waals surface area (Å²) < 4.78 is 10.2. The zero-order chi connectivity index (χ0) is 20.1. The number of carbonyl (C=O) groups is 2. The van der Waals surface area contributed by atoms with Crippen LogP contribution in [0.15, 0.2) is 10.8 Å². The van der Waals surface area contributed by atoms with Crippen LogP contribution in [0.2, 0.25) is 0 Å². The monoisotopic (exact) mass is 392 g/mol. The smallest absolute Gasteiger partial charge is 0.289 e. The second-order valence-electron chi connectivity index (χ2n) is 8.01. The number of hydrogen-bond acceptors (Lipinski definition) is 6. The van der Waals surface area contributed by atoms with Crippen molar-refractivity contribution < 1.29 is 18.7 Å². The second kappa shape index (κ2) is 9.52. The Bertz CT molecular complexity index is 673. The maximum absolute atomic E-state index is 12.6. The summed E-state index contributed by atoms with van der Waals surface area (Å²) in [6, 6.07) is 0.502. The summed E-state index contributed by atoms with van der Waals surface area (Å²) in [7, 11) is 3.48. The summed E-state index contributed by atoms with van der Waals surface area (Å²) in [4.78, 5) is 33.1. The van der Waals surface area contributed by atoms with Crippen LogP contribution in [-0.4, -0.2) is 79.1 Å². The number of methoxy groups -OCH3 is 1. The molecule has 8 heteroatoms. The van der Waals surface area contributed by atoms with E-state index >= 15 is 0 Å². The number of rotatable bonds is 10. The molecule has 1 saturated carbocycles. The van der Waals surface area contributed by atoms with Gasteiger partial charge in [0.05, 0.1) is 12.3 Å². The van der Waals surface area contributed by atoms with Gasteiger partial charge in [0.1, 0.15) is 0 Å². The predicted octanol–water partition coefficient (Wildman–Crippen LogP) is 1.45. The molecule has 2 atom stereocenters. The number of aryl methyl sites for hydroxylation is 1. The summed E-state index contributed by atoms with van der Waals surface area (Å²) in [5.74, 6) is 0.944. The van der Waals surface area contributed by atoms with E-state index in [1.807, 2.05) is 7.05 Å². The largest absolute Gasteiger partial charge is 0.438 e. The molecule has 1 aliphatic heterocycles. The molecule has 1 aromatic heterocycles. The van der Waals surface area contributed by atoms with Crippen molar-refractivity contribution in [3.8, 4) is 0 Å². The number of carbonyl (C=O) groups excluding carboxylic acids is 2. The first-order chi connectivity index (χ1) is 13.5. The maximum Gasteiger partial charge on any atom is 0.289 e. The van der Waals surface area contributed by atoms with E-state index in [1.54, 1.807) is 18.9 Å². The lowest BCUT2D eigenvalue weighted by Crippen LogP contribution is -2.45. The predicted molar refractivity (Wildman–Crippen MR) is 104 cm³/mol. The van der Waals surface area contributed by atoms with Crippen molar-refractivity contribution in [2.75, 3.05) is 40.4 Å². The number of amides is 2. The van der Waals surface area contributed by atoms with Crippen molar-refractivity contribution in [1.29, 1.82) is 0 Å². The molecule has 2 amide bonds. The van der Waals surface area contributed by atoms with Gasteiger partial charge in [-0.3, -0.25) is 14.5 Å². The molecule has 0 aromatic carbocycles. The Morgan fingerprint density at radius 3 is 2.71 bits per heavy atom. The Hall–Kier alpha value is -1.93. The molecule has 1 saturated heterocycles. The van der Waals surface area contributed by atoms with Crippen LogP contribution in [0.4, 0.5) is 0 Å². The molecule has 2 heterocycles. The Morgan fingerprint density at radius 1 is 1.32 bits per heavy atom. The van der Waals surface area contributed by atoms with E-state index in [-0.39, 0.29) is 29.7 Å². The van der Waals surface area contributed by atoms with Crippen molar-refractivity contribution in [2.45, 2.75) is 51.1 Å². The van der Waals surface area contributed by atoms with E-state index in [0.717, 1.165) is 25.3 Å². The third kappa shape index (κ3) is 5.32. The van der Waals surface area contributed by atoms with Gasteiger partial charge in [-0.05, 0) is 38.5 Å². The number of oxazole rings is 1. The Kier molecular flexibility index (Phi) is 7.07. The third-order valence-electron chi connectivity index (χ3n) is 5.85. The molecule has 2 fully saturated rings. The maximum atomic E-state index is 12.6. The van der Waals surface area contributed by atoms with Crippen LogP contribution < -0.4 is 5.32 Å². The quantitative estimate of drug-likeness (QED) is 0.648. The number of ether oxygens (including phenoxy) is 1. The van der Waals surface area contributed by atoms with Crippen molar-refractivity contribution in [1.82, 2.24) is 20.1 Å². The van der Waals surface area contributed by atoms with Crippen LogP contribution >= 0.6 is 0 Å². The molecule has 0 radical (unpaired) electrons. The minimum Gasteiger partial charge on any atom is -0.438 e. The number of aromatic nitrogens is 1. The molecule has 8 nitrogen and oxygen atoms in total. The van der Waals surface area contributed by atoms with Crippen molar-refractivity contribution in [2.24, 2.45) is 5.92 Å². The molecule has 1 aliphatic carbocycles. The highest BCUT2D eigenvalue weighted by Crippen LogP contribution is 2.35. The molecule has 1 aromatic rings. The molecular weight excluding hydrogens is 360 g/mol. The highest BCUT2D eigenvalue weighted by molar-refractivity contribution is 5.92. The standard InChI is InChI=1S/C20H32N4O4/c1-14-19(28-13-22-14)20(26)21-11-17-7-6-16(24(17)12-15-4-5-15)10-18(25)23(2)8-9-27-3/h13,15-17H,4-12H2,1-3H3,(H,21,26)/t16-,17+/m1/s1. The van der Waals surface area contributed by atoms with E-state index in [1.165, 1.54) is 19.2 Å². The molecule has 1 N–H and O–H groups in total. The van der Waals surface area contributed by atoms with Crippen LogP contribution in [0, 0.1) is 12.8 Å². The Morgan fingerprint density at radius 2 is 2.07 bits per heavy atom. The Labute approximate surface area is 166 Å². The van der Waals surface area contributed by atoms with Crippen LogP contribution in [0.3, 0.4) is 0 Å². The molecular formula is C20H32N4O4. The van der Waals surface area contributed by atoms with Crippen molar-refractivity contribution in [3.05, 3.63) is 17.8 Å². The van der Waals surface area contributed by atoms with E-state index in [9.17, 15) is 9.59 Å². The molecule has 156 valence electrons. The molecule has 0 spiro atoms. The van der Waals surface area contributed by atoms with Gasteiger partial charge >= 0.3 is 0 Å². The summed E-state index contributed by atoms with van der Waals surface area (Å²) in [5.41, 5.74) is 0.598. The fraction of sp³-hybridized carbons (Fsp3) is 0.750. The zero-order valence-corrected chi connectivity index (χ0v) is 17.1. The number of likely N-dealkylation sites (tertiary alicyclic amines) is 1. The summed E-state index contributed by atoms with van der Waals surface area (Å²) in [5, 5.41) is 2.99. The van der Waals surface area contributed by atoms with Crippen molar-refractivity contribution >= 4 is 11.8 Å². The SMILES string of the molecule is COCCN(C)C(=O)C[C@H]1CC[C@@H](CNC(=O)c2ocnc2C)N1CC1CC1. The van der Waals surface area contributed by atoms with Gasteiger partial charge in [-0.1, -0.05) is 0 Å². The van der Waals surface area contributed by atoms with Gasteiger partial charge < -0.3 is 19.4 Å². The molecule has 28 heavy (non-hydrogen) atoms. The highest BCUT2D eigenvalue weighted by Gasteiger charge is 2.38. The first kappa shape index (κ1) is 20.8. The normalized spacial score (nSPS) is 22.4. The van der Waals surface area contributed by atoms with E-state index < -0.39 is 0 Å². The Balaban J connectivity index is 1.55. The van der Waals surface area contributed by atoms with Crippen LogP contribution in [0.25, 0.3) is 0 Å². The van der Waals surface area contributed by atoms with Gasteiger partial charge in [-0.15, -0.1) is 0 Å². The molecule has 0 unspecified atom stereocenters. The fourth-order valence-electron chi connectivity index (χ4n) is 3.87. The van der Waals surface area contributed by atoms with Gasteiger partial charge in [-0.2, -0.15) is 0 Å². The summed E-state index contributed by atoms with van der Waals surface area (Å²) in [6.45, 7) is 4.50. The molecule has 3 rings (SSSR count). The van der Waals surface area contributed by atoms with Gasteiger partial charge in [0.2, 0.25) is 11.7 Å². The van der Waals surface area contributed by atoms with Gasteiger partial charge in [0.25, 0.3) is 5.91 Å². The number of hydrogen-bond donors (Lipinski definition) is 1. The average Bonchev–Trinajstić information content (AvgIpc) is 3.28. The minimum atomic E-state index is -0.222. The summed E-state index contributed by atoms with van der Waals surface area (Å²) in [6.07, 6.45) is 6.32. The lowest BCUT2D eigenvalue weighted by Gasteiger charge is -2.31. The van der Waals surface area contributed by atoms with Crippen LogP contribution in [-0.2, 0) is 9.53 Å². The van der Waals surface area contributed by atoms with Gasteiger partial charge in [0, 0.05) is 52.3 Å². The molecule has 0 bridgehead atoms. The second-order valence-corrected chi connectivity index (χ2v) is 8.01. The van der Waals surface area contributed by atoms with Gasteiger partial charge in [-0.25, -0.2) is 4.98 Å². The van der Waals surface area contributed by atoms with E-state index in [4.69, 9.17) is 9.15 Å². The van der Waals surface area contributed by atoms with E-state index in [0.29, 0.717) is 31.8 Å². The van der Waals surface area contributed by atoms with Crippen molar-refractivity contribution in [3.63, 3.8) is 0 Å². The van der Waals surface area contributed by atoms with E-state index in [2.05, 4.69) is 15.2 Å².